The third-order valence-corrected chi connectivity index (χ3v) is 3.71. The highest BCUT2D eigenvalue weighted by Gasteiger charge is 2.35. The first-order valence-electron chi connectivity index (χ1n) is 6.70. The Bertz CT molecular complexity index is 378. The van der Waals surface area contributed by atoms with E-state index in [9.17, 15) is 8.78 Å². The molecule has 0 bridgehead atoms. The summed E-state index contributed by atoms with van der Waals surface area (Å²) >= 11 is 0. The van der Waals surface area contributed by atoms with E-state index >= 15 is 0 Å². The fourth-order valence-electron chi connectivity index (χ4n) is 2.41. The minimum atomic E-state index is -2.73. The van der Waals surface area contributed by atoms with E-state index in [4.69, 9.17) is 0 Å². The Hall–Kier alpha value is -0.960. The first-order valence-corrected chi connectivity index (χ1v) is 6.70. The van der Waals surface area contributed by atoms with Crippen molar-refractivity contribution in [2.75, 3.05) is 6.54 Å². The van der Waals surface area contributed by atoms with Gasteiger partial charge >= 0.3 is 0 Å². The number of hydrogen-bond acceptors (Lipinski definition) is 1. The zero-order valence-corrected chi connectivity index (χ0v) is 11.0. The summed E-state index contributed by atoms with van der Waals surface area (Å²) in [5.41, 5.74) is 1.26. The lowest BCUT2D eigenvalue weighted by molar-refractivity contribution is -0.0513. The molecule has 1 heterocycles. The van der Waals surface area contributed by atoms with Gasteiger partial charge in [0.1, 0.15) is 0 Å². The van der Waals surface area contributed by atoms with Gasteiger partial charge < -0.3 is 5.32 Å². The maximum Gasteiger partial charge on any atom is 0.275 e. The molecule has 0 aliphatic carbocycles. The Morgan fingerprint density at radius 2 is 1.94 bits per heavy atom. The van der Waals surface area contributed by atoms with Crippen LogP contribution in [0.1, 0.15) is 37.8 Å². The molecular formula is C15H21F2N. The van der Waals surface area contributed by atoms with E-state index in [1.165, 1.54) is 12.8 Å². The largest absolute Gasteiger partial charge is 0.314 e. The van der Waals surface area contributed by atoms with Crippen molar-refractivity contribution in [2.24, 2.45) is 5.92 Å². The minimum absolute atomic E-state index is 0.126. The van der Waals surface area contributed by atoms with Gasteiger partial charge in [-0.05, 0) is 31.4 Å². The fraction of sp³-hybridized carbons (Fsp3) is 0.600. The van der Waals surface area contributed by atoms with Crippen molar-refractivity contribution >= 4 is 0 Å². The molecule has 1 nitrogen and oxygen atoms in total. The molecule has 1 aliphatic heterocycles. The third-order valence-electron chi connectivity index (χ3n) is 3.71. The van der Waals surface area contributed by atoms with E-state index in [-0.39, 0.29) is 5.56 Å². The summed E-state index contributed by atoms with van der Waals surface area (Å²) in [6.07, 6.45) is 3.34. The molecule has 1 atom stereocenters. The summed E-state index contributed by atoms with van der Waals surface area (Å²) < 4.78 is 27.6. The molecule has 0 saturated carbocycles. The summed E-state index contributed by atoms with van der Waals surface area (Å²) in [6.45, 7) is 4.18. The highest BCUT2D eigenvalue weighted by Crippen LogP contribution is 2.35. The van der Waals surface area contributed by atoms with Crippen molar-refractivity contribution in [1.82, 2.24) is 5.32 Å². The van der Waals surface area contributed by atoms with Gasteiger partial charge in [0.25, 0.3) is 5.92 Å². The average Bonchev–Trinajstić information content (AvgIpc) is 2.82. The summed E-state index contributed by atoms with van der Waals surface area (Å²) in [5, 5.41) is 3.42. The number of nitrogens with one attached hydrogen (secondary N) is 1. The van der Waals surface area contributed by atoms with Crippen molar-refractivity contribution in [3.63, 3.8) is 0 Å². The van der Waals surface area contributed by atoms with Gasteiger partial charge in [0, 0.05) is 17.5 Å². The van der Waals surface area contributed by atoms with Crippen molar-refractivity contribution in [3.8, 4) is 0 Å². The predicted octanol–water partition coefficient (Wildman–Crippen LogP) is 3.73. The van der Waals surface area contributed by atoms with Gasteiger partial charge in [-0.25, -0.2) is 8.78 Å². The van der Waals surface area contributed by atoms with Crippen LogP contribution in [0.4, 0.5) is 8.78 Å². The highest BCUT2D eigenvalue weighted by molar-refractivity contribution is 5.27. The third kappa shape index (κ3) is 2.89. The standard InChI is InChI=1S/C15H21F2N/c1-11(2)15(16,17)13-7-5-12(6-8-13)10-14-4-3-9-18-14/h5-8,11,14,18H,3-4,9-10H2,1-2H3. The first-order chi connectivity index (χ1) is 8.50. The van der Waals surface area contributed by atoms with Gasteiger partial charge in [-0.3, -0.25) is 0 Å². The molecule has 1 unspecified atom stereocenters. The Kier molecular flexibility index (Phi) is 4.00. The van der Waals surface area contributed by atoms with Crippen molar-refractivity contribution in [1.29, 1.82) is 0 Å². The van der Waals surface area contributed by atoms with E-state index in [1.54, 1.807) is 26.0 Å². The van der Waals surface area contributed by atoms with Gasteiger partial charge in [0.05, 0.1) is 0 Å². The molecule has 18 heavy (non-hydrogen) atoms. The summed E-state index contributed by atoms with van der Waals surface area (Å²) in [4.78, 5) is 0. The number of halogens is 2. The second-order valence-electron chi connectivity index (χ2n) is 5.47. The molecule has 1 aliphatic rings. The number of benzene rings is 1. The quantitative estimate of drug-likeness (QED) is 0.862. The molecule has 0 radical (unpaired) electrons. The normalized spacial score (nSPS) is 20.6. The lowest BCUT2D eigenvalue weighted by atomic mass is 9.95. The molecule has 1 saturated heterocycles. The lowest BCUT2D eigenvalue weighted by Gasteiger charge is -2.21. The molecule has 0 amide bonds. The van der Waals surface area contributed by atoms with Crippen LogP contribution in [0.5, 0.6) is 0 Å². The zero-order valence-electron chi connectivity index (χ0n) is 11.0. The number of rotatable bonds is 4. The molecule has 1 aromatic carbocycles. The van der Waals surface area contributed by atoms with Crippen LogP contribution in [0, 0.1) is 5.92 Å². The van der Waals surface area contributed by atoms with Crippen LogP contribution in [0.15, 0.2) is 24.3 Å². The summed E-state index contributed by atoms with van der Waals surface area (Å²) in [5.74, 6) is -3.40. The molecule has 1 fully saturated rings. The Balaban J connectivity index is 2.05. The van der Waals surface area contributed by atoms with E-state index < -0.39 is 11.8 Å². The first kappa shape index (κ1) is 13.5. The van der Waals surface area contributed by atoms with Crippen LogP contribution in [-0.4, -0.2) is 12.6 Å². The molecule has 3 heteroatoms. The Morgan fingerprint density at radius 1 is 1.28 bits per heavy atom. The number of alkyl halides is 2. The molecular weight excluding hydrogens is 232 g/mol. The topological polar surface area (TPSA) is 12.0 Å². The van der Waals surface area contributed by atoms with E-state index in [1.807, 2.05) is 12.1 Å². The average molecular weight is 253 g/mol. The van der Waals surface area contributed by atoms with Gasteiger partial charge in [-0.1, -0.05) is 38.1 Å². The maximum absolute atomic E-state index is 13.8. The summed E-state index contributed by atoms with van der Waals surface area (Å²) in [7, 11) is 0. The van der Waals surface area contributed by atoms with Crippen LogP contribution in [0.3, 0.4) is 0 Å². The predicted molar refractivity (Wildman–Crippen MR) is 69.9 cm³/mol. The Morgan fingerprint density at radius 3 is 2.44 bits per heavy atom. The molecule has 1 N–H and O–H groups in total. The number of hydrogen-bond donors (Lipinski definition) is 1. The van der Waals surface area contributed by atoms with E-state index in [0.717, 1.165) is 18.5 Å². The van der Waals surface area contributed by atoms with Crippen LogP contribution in [0.25, 0.3) is 0 Å². The molecule has 100 valence electrons. The van der Waals surface area contributed by atoms with Gasteiger partial charge in [0.15, 0.2) is 0 Å². The second-order valence-corrected chi connectivity index (χ2v) is 5.47. The van der Waals surface area contributed by atoms with Gasteiger partial charge in [-0.15, -0.1) is 0 Å². The molecule has 0 spiro atoms. The summed E-state index contributed by atoms with van der Waals surface area (Å²) in [6, 6.07) is 7.34. The molecule has 1 aromatic rings. The van der Waals surface area contributed by atoms with Crippen LogP contribution < -0.4 is 5.32 Å². The highest BCUT2D eigenvalue weighted by atomic mass is 19.3. The van der Waals surface area contributed by atoms with Crippen LogP contribution in [0.2, 0.25) is 0 Å². The lowest BCUT2D eigenvalue weighted by Crippen LogP contribution is -2.24. The molecule has 0 aromatic heterocycles. The Labute approximate surface area is 108 Å². The van der Waals surface area contributed by atoms with Crippen molar-refractivity contribution in [2.45, 2.75) is 45.1 Å². The van der Waals surface area contributed by atoms with E-state index in [0.29, 0.717) is 6.04 Å². The smallest absolute Gasteiger partial charge is 0.275 e. The van der Waals surface area contributed by atoms with Crippen LogP contribution in [-0.2, 0) is 12.3 Å². The second kappa shape index (κ2) is 5.35. The maximum atomic E-state index is 13.8. The molecule has 2 rings (SSSR count). The van der Waals surface area contributed by atoms with Crippen molar-refractivity contribution in [3.05, 3.63) is 35.4 Å². The zero-order chi connectivity index (χ0) is 13.2. The van der Waals surface area contributed by atoms with Crippen molar-refractivity contribution < 1.29 is 8.78 Å². The van der Waals surface area contributed by atoms with Gasteiger partial charge in [-0.2, -0.15) is 0 Å². The van der Waals surface area contributed by atoms with Crippen LogP contribution >= 0.6 is 0 Å². The van der Waals surface area contributed by atoms with E-state index in [2.05, 4.69) is 5.32 Å². The van der Waals surface area contributed by atoms with Gasteiger partial charge in [0.2, 0.25) is 0 Å². The fourth-order valence-corrected chi connectivity index (χ4v) is 2.41. The minimum Gasteiger partial charge on any atom is -0.314 e. The SMILES string of the molecule is CC(C)C(F)(F)c1ccc(CC2CCCN2)cc1. The monoisotopic (exact) mass is 253 g/mol.